The maximum atomic E-state index is 12.2. The molecule has 0 fully saturated rings. The molecule has 0 aliphatic rings. The van der Waals surface area contributed by atoms with Crippen molar-refractivity contribution >= 4 is 30.2 Å². The number of anilines is 1. The average molecular weight is 411 g/mol. The van der Waals surface area contributed by atoms with Crippen molar-refractivity contribution in [1.29, 1.82) is 0 Å². The van der Waals surface area contributed by atoms with Crippen LogP contribution in [-0.4, -0.2) is 34.0 Å². The number of carbonyl (C=O) groups is 1. The van der Waals surface area contributed by atoms with E-state index in [2.05, 4.69) is 20.8 Å². The number of urea groups is 1. The van der Waals surface area contributed by atoms with Gasteiger partial charge in [-0.3, -0.25) is 14.3 Å². The van der Waals surface area contributed by atoms with E-state index in [1.54, 1.807) is 48.5 Å². The first-order valence-corrected chi connectivity index (χ1v) is 8.78. The fourth-order valence-corrected chi connectivity index (χ4v) is 2.76. The third-order valence-corrected chi connectivity index (χ3v) is 4.11. The Hall–Kier alpha value is -3.92. The Morgan fingerprint density at radius 1 is 1.24 bits per heavy atom. The van der Waals surface area contributed by atoms with Crippen LogP contribution < -0.4 is 21.0 Å². The monoisotopic (exact) mass is 411 g/mol. The molecule has 9 nitrogen and oxygen atoms in total. The Kier molecular flexibility index (Phi) is 6.05. The normalized spacial score (nSPS) is 10.7. The van der Waals surface area contributed by atoms with Gasteiger partial charge in [-0.25, -0.2) is 10.2 Å². The van der Waals surface area contributed by atoms with Crippen LogP contribution in [0.5, 0.6) is 11.6 Å². The van der Waals surface area contributed by atoms with Crippen LogP contribution in [0.2, 0.25) is 0 Å². The van der Waals surface area contributed by atoms with Gasteiger partial charge in [0.25, 0.3) is 5.56 Å². The number of aromatic amines is 1. The molecule has 0 radical (unpaired) electrons. The van der Waals surface area contributed by atoms with Crippen LogP contribution in [0.1, 0.15) is 5.56 Å². The summed E-state index contributed by atoms with van der Waals surface area (Å²) < 4.78 is 6.42. The minimum absolute atomic E-state index is 0.00678. The molecule has 0 spiro atoms. The van der Waals surface area contributed by atoms with E-state index < -0.39 is 17.5 Å². The summed E-state index contributed by atoms with van der Waals surface area (Å²) in [5.74, 6) is 0.116. The maximum absolute atomic E-state index is 12.2. The lowest BCUT2D eigenvalue weighted by molar-refractivity contribution is 0.252. The molecule has 0 saturated carbocycles. The van der Waals surface area contributed by atoms with Crippen LogP contribution >= 0.6 is 12.2 Å². The number of hydrogen-bond acceptors (Lipinski definition) is 6. The average Bonchev–Trinajstić information content (AvgIpc) is 2.71. The van der Waals surface area contributed by atoms with Crippen molar-refractivity contribution in [2.45, 2.75) is 0 Å². The van der Waals surface area contributed by atoms with E-state index in [1.165, 1.54) is 11.7 Å². The lowest BCUT2D eigenvalue weighted by atomic mass is 10.2. The highest BCUT2D eigenvalue weighted by Crippen LogP contribution is 2.22. The van der Waals surface area contributed by atoms with Crippen LogP contribution in [0.15, 0.2) is 64.5 Å². The molecule has 1 aromatic heterocycles. The van der Waals surface area contributed by atoms with Crippen molar-refractivity contribution in [2.24, 2.45) is 5.10 Å². The molecular weight excluding hydrogens is 394 g/mol. The number of amides is 2. The largest absolute Gasteiger partial charge is 0.497 e. The Balaban J connectivity index is 1.86. The van der Waals surface area contributed by atoms with E-state index in [9.17, 15) is 14.7 Å². The highest BCUT2D eigenvalue weighted by molar-refractivity contribution is 7.71. The van der Waals surface area contributed by atoms with E-state index in [-0.39, 0.29) is 10.3 Å². The number of ether oxygens (including phenoxy) is 1. The molecule has 2 aromatic carbocycles. The van der Waals surface area contributed by atoms with Crippen LogP contribution in [-0.2, 0) is 0 Å². The second kappa shape index (κ2) is 8.85. The molecule has 0 bridgehead atoms. The first-order valence-electron chi connectivity index (χ1n) is 8.37. The van der Waals surface area contributed by atoms with E-state index in [0.717, 1.165) is 6.21 Å². The van der Waals surface area contributed by atoms with Crippen LogP contribution in [0, 0.1) is 4.77 Å². The van der Waals surface area contributed by atoms with Gasteiger partial charge in [-0.2, -0.15) is 5.10 Å². The number of methoxy groups -OCH3 is 1. The lowest BCUT2D eigenvalue weighted by Crippen LogP contribution is -2.25. The molecule has 4 N–H and O–H groups in total. The van der Waals surface area contributed by atoms with Gasteiger partial charge in [0, 0.05) is 11.8 Å². The number of benzene rings is 2. The summed E-state index contributed by atoms with van der Waals surface area (Å²) in [7, 11) is 1.51. The van der Waals surface area contributed by atoms with Gasteiger partial charge >= 0.3 is 6.03 Å². The Morgan fingerprint density at radius 3 is 2.72 bits per heavy atom. The number of para-hydroxylation sites is 1. The highest BCUT2D eigenvalue weighted by atomic mass is 32.1. The first-order chi connectivity index (χ1) is 14.0. The SMILES string of the molecule is COc1cccc(-n2c(O)c(C=NNC(=O)Nc3ccccc3)c(=O)[nH]c2=S)c1. The molecule has 0 unspecified atom stereocenters. The van der Waals surface area contributed by atoms with Crippen LogP contribution in [0.3, 0.4) is 0 Å². The van der Waals surface area contributed by atoms with Gasteiger partial charge in [0.2, 0.25) is 5.88 Å². The summed E-state index contributed by atoms with van der Waals surface area (Å²) >= 11 is 5.16. The Morgan fingerprint density at radius 2 is 2.00 bits per heavy atom. The predicted molar refractivity (Wildman–Crippen MR) is 112 cm³/mol. The number of H-pyrrole nitrogens is 1. The van der Waals surface area contributed by atoms with Crippen molar-refractivity contribution in [1.82, 2.24) is 15.0 Å². The van der Waals surface area contributed by atoms with Crippen molar-refractivity contribution in [3.05, 3.63) is 75.3 Å². The van der Waals surface area contributed by atoms with Gasteiger partial charge in [0.05, 0.1) is 19.0 Å². The van der Waals surface area contributed by atoms with Gasteiger partial charge in [-0.15, -0.1) is 0 Å². The summed E-state index contributed by atoms with van der Waals surface area (Å²) in [4.78, 5) is 26.5. The van der Waals surface area contributed by atoms with Gasteiger partial charge < -0.3 is 15.2 Å². The lowest BCUT2D eigenvalue weighted by Gasteiger charge is -2.12. The third-order valence-electron chi connectivity index (χ3n) is 3.82. The van der Waals surface area contributed by atoms with Gasteiger partial charge in [-0.05, 0) is 36.5 Å². The topological polar surface area (TPSA) is 121 Å². The molecule has 3 aromatic rings. The fourth-order valence-electron chi connectivity index (χ4n) is 2.48. The zero-order chi connectivity index (χ0) is 20.8. The second-order valence-corrected chi connectivity index (χ2v) is 6.11. The summed E-state index contributed by atoms with van der Waals surface area (Å²) in [5.41, 5.74) is 2.45. The molecule has 0 aliphatic carbocycles. The van der Waals surface area contributed by atoms with Crippen molar-refractivity contribution in [3.8, 4) is 17.3 Å². The minimum Gasteiger partial charge on any atom is -0.497 e. The van der Waals surface area contributed by atoms with E-state index in [1.807, 2.05) is 6.07 Å². The molecule has 0 saturated heterocycles. The maximum Gasteiger partial charge on any atom is 0.339 e. The number of carbonyl (C=O) groups excluding carboxylic acids is 1. The number of aromatic hydroxyl groups is 1. The van der Waals surface area contributed by atoms with Crippen LogP contribution in [0.4, 0.5) is 10.5 Å². The standard InChI is InChI=1S/C19H17N5O4S/c1-28-14-9-5-8-13(10-14)24-17(26)15(16(25)22-19(24)29)11-20-23-18(27)21-12-6-3-2-4-7-12/h2-11,26H,1H3,(H2,21,23,27)(H,22,25,29). The molecule has 3 rings (SSSR count). The van der Waals surface area contributed by atoms with Gasteiger partial charge in [0.1, 0.15) is 11.3 Å². The molecule has 0 atom stereocenters. The number of rotatable bonds is 5. The minimum atomic E-state index is -0.652. The molecule has 10 heteroatoms. The number of hydrogen-bond donors (Lipinski definition) is 4. The molecule has 29 heavy (non-hydrogen) atoms. The van der Waals surface area contributed by atoms with Crippen molar-refractivity contribution in [2.75, 3.05) is 12.4 Å². The highest BCUT2D eigenvalue weighted by Gasteiger charge is 2.13. The van der Waals surface area contributed by atoms with Gasteiger partial charge in [-0.1, -0.05) is 24.3 Å². The van der Waals surface area contributed by atoms with Crippen LogP contribution in [0.25, 0.3) is 5.69 Å². The van der Waals surface area contributed by atoms with E-state index in [0.29, 0.717) is 17.1 Å². The number of aromatic nitrogens is 2. The molecule has 2 amide bonds. The smallest absolute Gasteiger partial charge is 0.339 e. The number of nitrogens with one attached hydrogen (secondary N) is 3. The summed E-state index contributed by atoms with van der Waals surface area (Å²) in [6.07, 6.45) is 1.03. The quantitative estimate of drug-likeness (QED) is 0.292. The Labute approximate surface area is 170 Å². The van der Waals surface area contributed by atoms with E-state index >= 15 is 0 Å². The predicted octanol–water partition coefficient (Wildman–Crippen LogP) is 2.76. The van der Waals surface area contributed by atoms with Gasteiger partial charge in [0.15, 0.2) is 4.77 Å². The fraction of sp³-hybridized carbons (Fsp3) is 0.0526. The summed E-state index contributed by atoms with van der Waals surface area (Å²) in [6, 6.07) is 14.9. The van der Waals surface area contributed by atoms with E-state index in [4.69, 9.17) is 17.0 Å². The number of hydrazone groups is 1. The van der Waals surface area contributed by atoms with Crippen molar-refractivity contribution < 1.29 is 14.6 Å². The molecule has 0 aliphatic heterocycles. The Bertz CT molecular complexity index is 1170. The zero-order valence-corrected chi connectivity index (χ0v) is 16.1. The molecule has 148 valence electrons. The first kappa shape index (κ1) is 19.8. The molecule has 1 heterocycles. The summed E-state index contributed by atoms with van der Waals surface area (Å²) in [6.45, 7) is 0. The third kappa shape index (κ3) is 4.68. The number of nitrogens with zero attached hydrogens (tertiary/aromatic N) is 2. The zero-order valence-electron chi connectivity index (χ0n) is 15.2. The van der Waals surface area contributed by atoms with Crippen molar-refractivity contribution in [3.63, 3.8) is 0 Å². The second-order valence-electron chi connectivity index (χ2n) is 5.72. The molecular formula is C19H17N5O4S. The summed E-state index contributed by atoms with van der Waals surface area (Å²) in [5, 5.41) is 16.9.